The zero-order valence-corrected chi connectivity index (χ0v) is 41.3. The van der Waals surface area contributed by atoms with Crippen molar-refractivity contribution < 1.29 is 9.47 Å². The predicted octanol–water partition coefficient (Wildman–Crippen LogP) is 19.8. The Morgan fingerprint density at radius 1 is 0.314 bits per heavy atom. The van der Waals surface area contributed by atoms with E-state index in [0.717, 1.165) is 50.4 Å². The largest absolute Gasteiger partial charge is 0.494 e. The minimum atomic E-state index is 0.759. The molecule has 0 aliphatic rings. The summed E-state index contributed by atoms with van der Waals surface area (Å²) in [6.07, 6.45) is 11.4. The molecule has 0 spiro atoms. The van der Waals surface area contributed by atoms with Gasteiger partial charge in [-0.1, -0.05) is 163 Å². The van der Waals surface area contributed by atoms with Crippen LogP contribution in [-0.2, 0) is 12.8 Å². The van der Waals surface area contributed by atoms with E-state index in [-0.39, 0.29) is 0 Å². The number of hydrogen-bond donors (Lipinski definition) is 0. The lowest BCUT2D eigenvalue weighted by atomic mass is 9.78. The molecule has 0 radical (unpaired) electrons. The van der Waals surface area contributed by atoms with Gasteiger partial charge in [-0.05, 0) is 217 Å². The average Bonchev–Trinajstić information content (AvgIpc) is 3.40. The van der Waals surface area contributed by atoms with E-state index in [1.54, 1.807) is 0 Å². The third-order valence-corrected chi connectivity index (χ3v) is 15.5. The quantitative estimate of drug-likeness (QED) is 0.0515. The minimum Gasteiger partial charge on any atom is -0.494 e. The Kier molecular flexibility index (Phi) is 11.7. The molecule has 2 nitrogen and oxygen atoms in total. The molecule has 0 saturated heterocycles. The molecular formula is C68H62O2. The molecule has 346 valence electrons. The molecule has 0 amide bonds. The molecular weight excluding hydrogens is 849 g/mol. The maximum Gasteiger partial charge on any atom is 0.119 e. The Morgan fingerprint density at radius 3 is 1.14 bits per heavy atom. The normalized spacial score (nSPS) is 12.1. The molecule has 12 aromatic carbocycles. The van der Waals surface area contributed by atoms with Crippen LogP contribution in [-0.4, -0.2) is 13.2 Å². The van der Waals surface area contributed by atoms with Gasteiger partial charge in [0.15, 0.2) is 0 Å². The Bertz CT molecular complexity index is 3600. The topological polar surface area (TPSA) is 18.5 Å². The Morgan fingerprint density at radius 2 is 0.729 bits per heavy atom. The Balaban J connectivity index is 1.11. The molecule has 0 aliphatic heterocycles. The van der Waals surface area contributed by atoms with Gasteiger partial charge >= 0.3 is 0 Å². The number of rotatable bonds is 17. The van der Waals surface area contributed by atoms with Crippen molar-refractivity contribution in [3.63, 3.8) is 0 Å². The number of aryl methyl sites for hydroxylation is 2. The van der Waals surface area contributed by atoms with E-state index in [1.165, 1.54) is 169 Å². The Hall–Kier alpha value is -7.16. The molecule has 2 heteroatoms. The second kappa shape index (κ2) is 18.6. The summed E-state index contributed by atoms with van der Waals surface area (Å²) in [5.41, 5.74) is 10.5. The van der Waals surface area contributed by atoms with Crippen molar-refractivity contribution >= 4 is 86.2 Å². The zero-order chi connectivity index (χ0) is 47.3. The lowest BCUT2D eigenvalue weighted by Gasteiger charge is -2.25. The number of hydrogen-bond acceptors (Lipinski definition) is 2. The molecule has 0 fully saturated rings. The lowest BCUT2D eigenvalue weighted by Crippen LogP contribution is -2.00. The summed E-state index contributed by atoms with van der Waals surface area (Å²) in [6.45, 7) is 10.7. The summed E-state index contributed by atoms with van der Waals surface area (Å²) < 4.78 is 12.5. The van der Waals surface area contributed by atoms with Crippen LogP contribution in [0.4, 0.5) is 0 Å². The van der Waals surface area contributed by atoms with Crippen molar-refractivity contribution in [3.8, 4) is 44.9 Å². The highest BCUT2D eigenvalue weighted by molar-refractivity contribution is 6.36. The third kappa shape index (κ3) is 7.46. The van der Waals surface area contributed by atoms with Gasteiger partial charge in [0, 0.05) is 0 Å². The van der Waals surface area contributed by atoms with Crippen molar-refractivity contribution in [1.29, 1.82) is 0 Å². The molecule has 12 aromatic rings. The fourth-order valence-electron chi connectivity index (χ4n) is 12.1. The van der Waals surface area contributed by atoms with Crippen molar-refractivity contribution in [2.75, 3.05) is 13.2 Å². The van der Waals surface area contributed by atoms with E-state index in [9.17, 15) is 0 Å². The summed E-state index contributed by atoms with van der Waals surface area (Å²) in [5, 5.41) is 21.0. The van der Waals surface area contributed by atoms with Gasteiger partial charge in [-0.25, -0.2) is 0 Å². The molecule has 12 rings (SSSR count). The molecule has 0 saturated carbocycles. The Labute approximate surface area is 412 Å². The van der Waals surface area contributed by atoms with Gasteiger partial charge in [0.25, 0.3) is 0 Å². The highest BCUT2D eigenvalue weighted by Crippen LogP contribution is 2.52. The standard InChI is InChI=1S/C68H62O2/c1-5-9-11-17-35-69-51-27-23-45(24-28-51)59-41-49-37-47-19-13-15-21-53(47)55-31-33-57-63(43(7-3)39-61(59)67(57)65(49)55)64-44(8-4)40-62-60(46-25-29-52(30-26-46)70-36-18-12-10-6-2)42-50-38-48-20-14-16-22-54(48)56-32-34-58(64)68(62)66(50)56/h13-16,19-34,37-42H,5-12,17-18,35-36H2,1-4H3. The second-order valence-electron chi connectivity index (χ2n) is 19.8. The van der Waals surface area contributed by atoms with Gasteiger partial charge < -0.3 is 9.47 Å². The van der Waals surface area contributed by atoms with Crippen molar-refractivity contribution in [2.24, 2.45) is 0 Å². The van der Waals surface area contributed by atoms with E-state index < -0.39 is 0 Å². The van der Waals surface area contributed by atoms with Gasteiger partial charge in [0.05, 0.1) is 13.2 Å². The van der Waals surface area contributed by atoms with Gasteiger partial charge in [-0.2, -0.15) is 0 Å². The smallest absolute Gasteiger partial charge is 0.119 e. The van der Waals surface area contributed by atoms with Crippen molar-refractivity contribution in [1.82, 2.24) is 0 Å². The van der Waals surface area contributed by atoms with Crippen molar-refractivity contribution in [3.05, 3.63) is 169 Å². The van der Waals surface area contributed by atoms with E-state index in [2.05, 4.69) is 185 Å². The van der Waals surface area contributed by atoms with Gasteiger partial charge in [0.1, 0.15) is 11.5 Å². The van der Waals surface area contributed by atoms with Crippen LogP contribution in [0, 0.1) is 0 Å². The van der Waals surface area contributed by atoms with Crippen LogP contribution in [0.2, 0.25) is 0 Å². The van der Waals surface area contributed by atoms with E-state index in [4.69, 9.17) is 9.47 Å². The molecule has 0 heterocycles. The number of unbranched alkanes of at least 4 members (excludes halogenated alkanes) is 6. The van der Waals surface area contributed by atoms with Crippen LogP contribution in [0.1, 0.15) is 90.2 Å². The van der Waals surface area contributed by atoms with Crippen LogP contribution in [0.15, 0.2) is 158 Å². The van der Waals surface area contributed by atoms with E-state index >= 15 is 0 Å². The zero-order valence-electron chi connectivity index (χ0n) is 41.3. The highest BCUT2D eigenvalue weighted by Gasteiger charge is 2.25. The van der Waals surface area contributed by atoms with E-state index in [0.29, 0.717) is 0 Å². The van der Waals surface area contributed by atoms with Crippen LogP contribution in [0.25, 0.3) is 120 Å². The first-order valence-electron chi connectivity index (χ1n) is 26.4. The number of fused-ring (bicyclic) bond motifs is 4. The highest BCUT2D eigenvalue weighted by atomic mass is 16.5. The maximum absolute atomic E-state index is 6.26. The molecule has 0 aromatic heterocycles. The van der Waals surface area contributed by atoms with Crippen LogP contribution < -0.4 is 9.47 Å². The first-order valence-corrected chi connectivity index (χ1v) is 26.4. The third-order valence-electron chi connectivity index (χ3n) is 15.5. The maximum atomic E-state index is 6.26. The summed E-state index contributed by atoms with van der Waals surface area (Å²) >= 11 is 0. The van der Waals surface area contributed by atoms with Crippen molar-refractivity contribution in [2.45, 2.75) is 91.9 Å². The molecule has 0 bridgehead atoms. The van der Waals surface area contributed by atoms with E-state index in [1.807, 2.05) is 0 Å². The lowest BCUT2D eigenvalue weighted by molar-refractivity contribution is 0.305. The van der Waals surface area contributed by atoms with Gasteiger partial charge in [0.2, 0.25) is 0 Å². The number of ether oxygens (including phenoxy) is 2. The van der Waals surface area contributed by atoms with Crippen LogP contribution in [0.5, 0.6) is 11.5 Å². The number of benzene rings is 12. The average molecular weight is 911 g/mol. The first-order chi connectivity index (χ1) is 34.6. The summed E-state index contributed by atoms with van der Waals surface area (Å²) in [6, 6.07) is 60.3. The molecule has 70 heavy (non-hydrogen) atoms. The summed E-state index contributed by atoms with van der Waals surface area (Å²) in [7, 11) is 0. The van der Waals surface area contributed by atoms with Gasteiger partial charge in [-0.15, -0.1) is 0 Å². The minimum absolute atomic E-state index is 0.759. The molecule has 0 atom stereocenters. The van der Waals surface area contributed by atoms with Crippen LogP contribution >= 0.6 is 0 Å². The van der Waals surface area contributed by atoms with Gasteiger partial charge in [-0.3, -0.25) is 0 Å². The summed E-state index contributed by atoms with van der Waals surface area (Å²) in [5.74, 6) is 1.88. The second-order valence-corrected chi connectivity index (χ2v) is 19.8. The summed E-state index contributed by atoms with van der Waals surface area (Å²) in [4.78, 5) is 0. The van der Waals surface area contributed by atoms with Crippen LogP contribution in [0.3, 0.4) is 0 Å². The molecule has 0 N–H and O–H groups in total. The first kappa shape index (κ1) is 44.1. The fraction of sp³-hybridized carbons (Fsp3) is 0.235. The molecule has 0 aliphatic carbocycles. The monoisotopic (exact) mass is 910 g/mol. The SMILES string of the molecule is CCCCCCOc1ccc(-c2cc3cc4ccccc4c4ccc5c(-c6c(CC)cc7c(-c8ccc(OCCCCCC)cc8)cc8cc9ccccc9c9ccc6c7c89)c(CC)cc2c5c34)cc1. The fourth-order valence-corrected chi connectivity index (χ4v) is 12.1. The predicted molar refractivity (Wildman–Crippen MR) is 303 cm³/mol. The molecule has 0 unspecified atom stereocenters.